The lowest BCUT2D eigenvalue weighted by Crippen LogP contribution is -2.15. The third-order valence-electron chi connectivity index (χ3n) is 4.11. The molecule has 3 aromatic carbocycles. The fraction of sp³-hybridized carbons (Fsp3) is 0. The quantitative estimate of drug-likeness (QED) is 0.508. The number of hydrogen-bond donors (Lipinski definition) is 1. The number of para-hydroxylation sites is 1. The van der Waals surface area contributed by atoms with Gasteiger partial charge in [-0.15, -0.1) is 5.10 Å². The lowest BCUT2D eigenvalue weighted by Gasteiger charge is -2.06. The van der Waals surface area contributed by atoms with Gasteiger partial charge < -0.3 is 5.32 Å². The van der Waals surface area contributed by atoms with Crippen LogP contribution in [0, 0.1) is 11.6 Å². The van der Waals surface area contributed by atoms with Gasteiger partial charge >= 0.3 is 0 Å². The number of nitrogens with one attached hydrogen (secondary N) is 1. The van der Waals surface area contributed by atoms with E-state index in [-0.39, 0.29) is 11.5 Å². The molecule has 0 saturated carbocycles. The Kier molecular flexibility index (Phi) is 5.05. The molecule has 4 rings (SSSR count). The standard InChI is InChI=1S/C21H13ClF2N4O/c22-14-7-11-16(12-8-14)28-20(13-5-9-15(23)10-6-13)26-19(27-28)21(29)25-18-4-2-1-3-17(18)24/h1-12H,(H,25,29). The highest BCUT2D eigenvalue weighted by Gasteiger charge is 2.20. The molecule has 1 N–H and O–H groups in total. The Morgan fingerprint density at radius 1 is 0.931 bits per heavy atom. The summed E-state index contributed by atoms with van der Waals surface area (Å²) >= 11 is 5.95. The van der Waals surface area contributed by atoms with E-state index in [1.54, 1.807) is 30.3 Å². The number of benzene rings is 3. The van der Waals surface area contributed by atoms with E-state index >= 15 is 0 Å². The lowest BCUT2D eigenvalue weighted by molar-refractivity contribution is 0.101. The van der Waals surface area contributed by atoms with Crippen LogP contribution >= 0.6 is 11.6 Å². The predicted molar refractivity (Wildman–Crippen MR) is 106 cm³/mol. The van der Waals surface area contributed by atoms with Gasteiger partial charge in [0.2, 0.25) is 5.82 Å². The van der Waals surface area contributed by atoms with Crippen molar-refractivity contribution in [2.24, 2.45) is 0 Å². The van der Waals surface area contributed by atoms with Crippen molar-refractivity contribution < 1.29 is 13.6 Å². The maximum absolute atomic E-state index is 13.8. The molecular formula is C21H13ClF2N4O. The monoisotopic (exact) mass is 410 g/mol. The minimum absolute atomic E-state index is 0.0173. The van der Waals surface area contributed by atoms with E-state index in [2.05, 4.69) is 15.4 Å². The summed E-state index contributed by atoms with van der Waals surface area (Å²) in [5.41, 5.74) is 1.17. The fourth-order valence-electron chi connectivity index (χ4n) is 2.70. The molecule has 0 unspecified atom stereocenters. The Hall–Kier alpha value is -3.58. The largest absolute Gasteiger partial charge is 0.317 e. The Bertz CT molecular complexity index is 1110. The highest BCUT2D eigenvalue weighted by Crippen LogP contribution is 2.23. The predicted octanol–water partition coefficient (Wildman–Crippen LogP) is 5.12. The normalized spacial score (nSPS) is 10.7. The first-order chi connectivity index (χ1) is 14.0. The smallest absolute Gasteiger partial charge is 0.295 e. The van der Waals surface area contributed by atoms with Gasteiger partial charge in [-0.05, 0) is 60.7 Å². The van der Waals surface area contributed by atoms with Crippen LogP contribution in [-0.4, -0.2) is 20.7 Å². The third-order valence-corrected chi connectivity index (χ3v) is 4.36. The van der Waals surface area contributed by atoms with Crippen molar-refractivity contribution in [2.75, 3.05) is 5.32 Å². The van der Waals surface area contributed by atoms with Gasteiger partial charge in [0.15, 0.2) is 5.82 Å². The van der Waals surface area contributed by atoms with Crippen LogP contribution in [0.25, 0.3) is 17.1 Å². The molecule has 0 radical (unpaired) electrons. The topological polar surface area (TPSA) is 59.8 Å². The van der Waals surface area contributed by atoms with Gasteiger partial charge in [0.1, 0.15) is 11.6 Å². The number of carbonyl (C=O) groups excluding carboxylic acids is 1. The molecule has 1 heterocycles. The molecular weight excluding hydrogens is 398 g/mol. The van der Waals surface area contributed by atoms with Gasteiger partial charge in [0, 0.05) is 10.6 Å². The number of aromatic nitrogens is 3. The molecule has 1 amide bonds. The minimum atomic E-state index is -0.675. The van der Waals surface area contributed by atoms with E-state index in [9.17, 15) is 13.6 Å². The van der Waals surface area contributed by atoms with Gasteiger partial charge in [0.05, 0.1) is 11.4 Å². The first kappa shape index (κ1) is 18.8. The molecule has 29 heavy (non-hydrogen) atoms. The van der Waals surface area contributed by atoms with Crippen molar-refractivity contribution in [1.82, 2.24) is 14.8 Å². The molecule has 0 aliphatic rings. The van der Waals surface area contributed by atoms with Crippen LogP contribution in [0.15, 0.2) is 72.8 Å². The van der Waals surface area contributed by atoms with Crippen molar-refractivity contribution in [3.63, 3.8) is 0 Å². The summed E-state index contributed by atoms with van der Waals surface area (Å²) in [5.74, 6) is -1.49. The number of amides is 1. The summed E-state index contributed by atoms with van der Waals surface area (Å²) < 4.78 is 28.6. The molecule has 1 aromatic heterocycles. The van der Waals surface area contributed by atoms with Crippen molar-refractivity contribution in [3.05, 3.63) is 95.3 Å². The zero-order chi connectivity index (χ0) is 20.4. The van der Waals surface area contributed by atoms with E-state index in [0.29, 0.717) is 22.1 Å². The zero-order valence-electron chi connectivity index (χ0n) is 14.8. The molecule has 0 saturated heterocycles. The Labute approximate surface area is 169 Å². The van der Waals surface area contributed by atoms with Crippen LogP contribution in [0.1, 0.15) is 10.6 Å². The first-order valence-electron chi connectivity index (χ1n) is 8.56. The molecule has 8 heteroatoms. The number of carbonyl (C=O) groups is 1. The van der Waals surface area contributed by atoms with Crippen LogP contribution in [0.2, 0.25) is 5.02 Å². The van der Waals surface area contributed by atoms with E-state index in [0.717, 1.165) is 0 Å². The molecule has 0 aliphatic carbocycles. The Balaban J connectivity index is 1.76. The molecule has 0 atom stereocenters. The second-order valence-electron chi connectivity index (χ2n) is 6.09. The number of rotatable bonds is 4. The van der Waals surface area contributed by atoms with Crippen molar-refractivity contribution in [2.45, 2.75) is 0 Å². The van der Waals surface area contributed by atoms with Crippen LogP contribution < -0.4 is 5.32 Å². The summed E-state index contributed by atoms with van der Waals surface area (Å²) in [6, 6.07) is 18.2. The third kappa shape index (κ3) is 4.00. The molecule has 0 bridgehead atoms. The average molecular weight is 411 g/mol. The van der Waals surface area contributed by atoms with Gasteiger partial charge in [-0.2, -0.15) is 0 Å². The fourth-order valence-corrected chi connectivity index (χ4v) is 2.82. The Morgan fingerprint density at radius 3 is 2.31 bits per heavy atom. The molecule has 4 aromatic rings. The lowest BCUT2D eigenvalue weighted by atomic mass is 10.2. The maximum atomic E-state index is 13.8. The minimum Gasteiger partial charge on any atom is -0.317 e. The maximum Gasteiger partial charge on any atom is 0.295 e. The summed E-state index contributed by atoms with van der Waals surface area (Å²) in [7, 11) is 0. The molecule has 0 spiro atoms. The van der Waals surface area contributed by atoms with Gasteiger partial charge in [-0.1, -0.05) is 23.7 Å². The van der Waals surface area contributed by atoms with Crippen LogP contribution in [0.4, 0.5) is 14.5 Å². The van der Waals surface area contributed by atoms with Crippen LogP contribution in [0.5, 0.6) is 0 Å². The summed E-state index contributed by atoms with van der Waals surface area (Å²) in [5, 5.41) is 7.26. The first-order valence-corrected chi connectivity index (χ1v) is 8.94. The van der Waals surface area contributed by atoms with E-state index in [4.69, 9.17) is 11.6 Å². The number of hydrogen-bond acceptors (Lipinski definition) is 3. The van der Waals surface area contributed by atoms with Crippen molar-refractivity contribution in [1.29, 1.82) is 0 Å². The van der Waals surface area contributed by atoms with E-state index in [1.165, 1.54) is 47.1 Å². The highest BCUT2D eigenvalue weighted by atomic mass is 35.5. The summed E-state index contributed by atoms with van der Waals surface area (Å²) in [6.45, 7) is 0. The van der Waals surface area contributed by atoms with E-state index < -0.39 is 17.5 Å². The molecule has 0 aliphatic heterocycles. The van der Waals surface area contributed by atoms with Gasteiger partial charge in [-0.25, -0.2) is 18.4 Å². The van der Waals surface area contributed by atoms with Gasteiger partial charge in [-0.3, -0.25) is 4.79 Å². The van der Waals surface area contributed by atoms with Gasteiger partial charge in [0.25, 0.3) is 5.91 Å². The molecule has 0 fully saturated rings. The second kappa shape index (κ2) is 7.81. The second-order valence-corrected chi connectivity index (χ2v) is 6.52. The number of halogens is 3. The van der Waals surface area contributed by atoms with Crippen molar-refractivity contribution in [3.8, 4) is 17.1 Å². The van der Waals surface area contributed by atoms with Crippen molar-refractivity contribution >= 4 is 23.2 Å². The molecule has 144 valence electrons. The van der Waals surface area contributed by atoms with E-state index in [1.807, 2.05) is 0 Å². The number of nitrogens with zero attached hydrogens (tertiary/aromatic N) is 3. The Morgan fingerprint density at radius 2 is 1.62 bits per heavy atom. The van der Waals surface area contributed by atoms with Crippen LogP contribution in [0.3, 0.4) is 0 Å². The summed E-state index contributed by atoms with van der Waals surface area (Å²) in [6.07, 6.45) is 0. The SMILES string of the molecule is O=C(Nc1ccccc1F)c1nc(-c2ccc(F)cc2)n(-c2ccc(Cl)cc2)n1. The highest BCUT2D eigenvalue weighted by molar-refractivity contribution is 6.30. The number of anilines is 1. The average Bonchev–Trinajstić information content (AvgIpc) is 3.16. The van der Waals surface area contributed by atoms with Crippen LogP contribution in [-0.2, 0) is 0 Å². The molecule has 5 nitrogen and oxygen atoms in total. The zero-order valence-corrected chi connectivity index (χ0v) is 15.6. The summed E-state index contributed by atoms with van der Waals surface area (Å²) in [4.78, 5) is 16.9.